The molecule has 0 spiro atoms. The summed E-state index contributed by atoms with van der Waals surface area (Å²) in [6, 6.07) is 13.9. The smallest absolute Gasteiger partial charge is 0.387 e. The first-order valence-electron chi connectivity index (χ1n) is 8.40. The molecule has 0 unspecified atom stereocenters. The van der Waals surface area contributed by atoms with Crippen molar-refractivity contribution in [1.82, 2.24) is 4.90 Å². The molecule has 0 N–H and O–H groups in total. The van der Waals surface area contributed by atoms with Crippen LogP contribution in [-0.2, 0) is 11.2 Å². The summed E-state index contributed by atoms with van der Waals surface area (Å²) < 4.78 is 34.3. The summed E-state index contributed by atoms with van der Waals surface area (Å²) in [7, 11) is 1.33. The number of rotatable bonds is 7. The highest BCUT2D eigenvalue weighted by Crippen LogP contribution is 2.35. The fourth-order valence-corrected chi connectivity index (χ4v) is 3.56. The number of imide groups is 1. The molecule has 5 nitrogen and oxygen atoms in total. The highest BCUT2D eigenvalue weighted by molar-refractivity contribution is 8.18. The van der Waals surface area contributed by atoms with Gasteiger partial charge in [0, 0.05) is 6.54 Å². The van der Waals surface area contributed by atoms with Gasteiger partial charge in [-0.1, -0.05) is 36.4 Å². The second-order valence-electron chi connectivity index (χ2n) is 5.86. The van der Waals surface area contributed by atoms with Crippen LogP contribution in [0.15, 0.2) is 53.4 Å². The standard InChI is InChI=1S/C20H17F2NO4S/c1-26-16-11-14(7-8-15(16)27-19(21)22)12-17-18(24)23(20(25)28-17)10-9-13-5-3-2-4-6-13/h2-8,11-12,19H,9-10H2,1H3/b17-12-. The van der Waals surface area contributed by atoms with Crippen molar-refractivity contribution in [2.24, 2.45) is 0 Å². The first kappa shape index (κ1) is 19.9. The predicted molar refractivity (Wildman–Crippen MR) is 102 cm³/mol. The Balaban J connectivity index is 1.74. The van der Waals surface area contributed by atoms with Gasteiger partial charge in [-0.3, -0.25) is 14.5 Å². The van der Waals surface area contributed by atoms with E-state index in [0.717, 1.165) is 17.3 Å². The number of benzene rings is 2. The lowest BCUT2D eigenvalue weighted by atomic mass is 10.1. The molecule has 0 radical (unpaired) electrons. The van der Waals surface area contributed by atoms with Crippen molar-refractivity contribution in [3.05, 3.63) is 64.6 Å². The van der Waals surface area contributed by atoms with Gasteiger partial charge >= 0.3 is 6.61 Å². The van der Waals surface area contributed by atoms with Crippen molar-refractivity contribution in [1.29, 1.82) is 0 Å². The predicted octanol–water partition coefficient (Wildman–Crippen LogP) is 4.58. The second-order valence-corrected chi connectivity index (χ2v) is 6.85. The van der Waals surface area contributed by atoms with E-state index in [1.807, 2.05) is 30.3 Å². The van der Waals surface area contributed by atoms with E-state index in [1.54, 1.807) is 0 Å². The molecule has 2 aromatic rings. The Morgan fingerprint density at radius 3 is 2.54 bits per heavy atom. The minimum atomic E-state index is -2.97. The van der Waals surface area contributed by atoms with E-state index >= 15 is 0 Å². The molecule has 0 bridgehead atoms. The van der Waals surface area contributed by atoms with E-state index < -0.39 is 6.61 Å². The Hall–Kier alpha value is -2.87. The Labute approximate surface area is 164 Å². The fourth-order valence-electron chi connectivity index (χ4n) is 2.70. The summed E-state index contributed by atoms with van der Waals surface area (Å²) in [5.41, 5.74) is 1.57. The number of hydrogen-bond acceptors (Lipinski definition) is 5. The molecule has 28 heavy (non-hydrogen) atoms. The van der Waals surface area contributed by atoms with Gasteiger partial charge in [-0.2, -0.15) is 8.78 Å². The number of carbonyl (C=O) groups is 2. The van der Waals surface area contributed by atoms with Crippen molar-refractivity contribution in [2.45, 2.75) is 13.0 Å². The molecule has 1 aliphatic heterocycles. The van der Waals surface area contributed by atoms with Gasteiger partial charge in [0.15, 0.2) is 11.5 Å². The van der Waals surface area contributed by atoms with E-state index in [2.05, 4.69) is 4.74 Å². The van der Waals surface area contributed by atoms with Gasteiger partial charge in [-0.25, -0.2) is 0 Å². The zero-order valence-electron chi connectivity index (χ0n) is 14.9. The van der Waals surface area contributed by atoms with Crippen LogP contribution < -0.4 is 9.47 Å². The molecule has 3 rings (SSSR count). The van der Waals surface area contributed by atoms with E-state index in [9.17, 15) is 18.4 Å². The molecule has 0 aromatic heterocycles. The Bertz CT molecular complexity index is 902. The molecule has 1 heterocycles. The number of hydrogen-bond donors (Lipinski definition) is 0. The normalized spacial score (nSPS) is 15.6. The van der Waals surface area contributed by atoms with Gasteiger partial charge in [0.05, 0.1) is 12.0 Å². The van der Waals surface area contributed by atoms with Gasteiger partial charge in [-0.05, 0) is 47.5 Å². The van der Waals surface area contributed by atoms with Crippen LogP contribution in [0, 0.1) is 0 Å². The summed E-state index contributed by atoms with van der Waals surface area (Å²) in [6.07, 6.45) is 2.10. The third-order valence-electron chi connectivity index (χ3n) is 4.04. The number of amides is 2. The number of ether oxygens (including phenoxy) is 2. The Morgan fingerprint density at radius 1 is 1.11 bits per heavy atom. The molecule has 0 saturated carbocycles. The zero-order valence-corrected chi connectivity index (χ0v) is 15.7. The molecule has 1 fully saturated rings. The Morgan fingerprint density at radius 2 is 1.86 bits per heavy atom. The maximum absolute atomic E-state index is 12.6. The average Bonchev–Trinajstić information content (AvgIpc) is 2.94. The lowest BCUT2D eigenvalue weighted by Gasteiger charge is -2.12. The van der Waals surface area contributed by atoms with E-state index in [4.69, 9.17) is 4.74 Å². The Kier molecular flexibility index (Phi) is 6.30. The number of carbonyl (C=O) groups excluding carboxylic acids is 2. The molecular weight excluding hydrogens is 388 g/mol. The fraction of sp³-hybridized carbons (Fsp3) is 0.200. The largest absolute Gasteiger partial charge is 0.493 e. The molecule has 1 aliphatic rings. The maximum atomic E-state index is 12.6. The molecule has 0 aliphatic carbocycles. The average molecular weight is 405 g/mol. The topological polar surface area (TPSA) is 55.8 Å². The lowest BCUT2D eigenvalue weighted by molar-refractivity contribution is -0.122. The van der Waals surface area contributed by atoms with Crippen LogP contribution in [0.2, 0.25) is 0 Å². The summed E-state index contributed by atoms with van der Waals surface area (Å²) in [5.74, 6) is -0.374. The first-order valence-corrected chi connectivity index (χ1v) is 9.21. The molecule has 2 amide bonds. The van der Waals surface area contributed by atoms with E-state index in [0.29, 0.717) is 12.0 Å². The van der Waals surface area contributed by atoms with Crippen molar-refractivity contribution in [3.8, 4) is 11.5 Å². The molecule has 8 heteroatoms. The maximum Gasteiger partial charge on any atom is 0.387 e. The minimum Gasteiger partial charge on any atom is -0.493 e. The van der Waals surface area contributed by atoms with Crippen molar-refractivity contribution in [2.75, 3.05) is 13.7 Å². The molecule has 146 valence electrons. The van der Waals surface area contributed by atoms with Crippen molar-refractivity contribution >= 4 is 29.0 Å². The summed E-state index contributed by atoms with van der Waals surface area (Å²) in [5, 5.41) is -0.336. The summed E-state index contributed by atoms with van der Waals surface area (Å²) in [4.78, 5) is 26.2. The van der Waals surface area contributed by atoms with Crippen LogP contribution in [0.1, 0.15) is 11.1 Å². The van der Waals surface area contributed by atoms with E-state index in [-0.39, 0.29) is 34.1 Å². The lowest BCUT2D eigenvalue weighted by Crippen LogP contribution is -2.30. The van der Waals surface area contributed by atoms with Gasteiger partial charge in [-0.15, -0.1) is 0 Å². The summed E-state index contributed by atoms with van der Waals surface area (Å²) in [6.45, 7) is -2.68. The highest BCUT2D eigenvalue weighted by Gasteiger charge is 2.34. The molecule has 0 atom stereocenters. The number of nitrogens with zero attached hydrogens (tertiary/aromatic N) is 1. The van der Waals surface area contributed by atoms with Gasteiger partial charge in [0.2, 0.25) is 0 Å². The third-order valence-corrected chi connectivity index (χ3v) is 4.95. The molecule has 1 saturated heterocycles. The zero-order chi connectivity index (χ0) is 20.1. The first-order chi connectivity index (χ1) is 13.5. The van der Waals surface area contributed by atoms with Crippen LogP contribution >= 0.6 is 11.8 Å². The van der Waals surface area contributed by atoms with Crippen LogP contribution in [0.25, 0.3) is 6.08 Å². The third kappa shape index (κ3) is 4.69. The summed E-state index contributed by atoms with van der Waals surface area (Å²) >= 11 is 0.847. The van der Waals surface area contributed by atoms with Crippen LogP contribution in [-0.4, -0.2) is 36.3 Å². The molecular formula is C20H17F2NO4S. The van der Waals surface area contributed by atoms with Gasteiger partial charge in [0.25, 0.3) is 11.1 Å². The number of alkyl halides is 2. The van der Waals surface area contributed by atoms with Crippen molar-refractivity contribution in [3.63, 3.8) is 0 Å². The van der Waals surface area contributed by atoms with Gasteiger partial charge in [0.1, 0.15) is 0 Å². The highest BCUT2D eigenvalue weighted by atomic mass is 32.2. The van der Waals surface area contributed by atoms with E-state index in [1.165, 1.54) is 36.3 Å². The van der Waals surface area contributed by atoms with Crippen LogP contribution in [0.5, 0.6) is 11.5 Å². The molecule has 2 aromatic carbocycles. The minimum absolute atomic E-state index is 0.106. The SMILES string of the molecule is COc1cc(/C=C2\SC(=O)N(CCc3ccccc3)C2=O)ccc1OC(F)F. The van der Waals surface area contributed by atoms with Crippen molar-refractivity contribution < 1.29 is 27.8 Å². The number of halogens is 2. The number of methoxy groups -OCH3 is 1. The quantitative estimate of drug-likeness (QED) is 0.632. The van der Waals surface area contributed by atoms with Gasteiger partial charge < -0.3 is 9.47 Å². The monoisotopic (exact) mass is 405 g/mol. The van der Waals surface area contributed by atoms with Crippen LogP contribution in [0.3, 0.4) is 0 Å². The second kappa shape index (κ2) is 8.88. The van der Waals surface area contributed by atoms with Crippen LogP contribution in [0.4, 0.5) is 13.6 Å². The number of thioether (sulfide) groups is 1.